The zero-order valence-electron chi connectivity index (χ0n) is 20.5. The number of methoxy groups -OCH3 is 1. The third-order valence-electron chi connectivity index (χ3n) is 6.38. The van der Waals surface area contributed by atoms with E-state index < -0.39 is 17.9 Å². The van der Waals surface area contributed by atoms with Crippen molar-refractivity contribution in [2.75, 3.05) is 31.6 Å². The highest BCUT2D eigenvalue weighted by Crippen LogP contribution is 2.34. The van der Waals surface area contributed by atoms with Crippen LogP contribution in [-0.4, -0.2) is 75.9 Å². The summed E-state index contributed by atoms with van der Waals surface area (Å²) in [6.07, 6.45) is 2.20. The number of aliphatic carboxylic acids is 1. The smallest absolute Gasteiger partial charge is 0.305 e. The highest BCUT2D eigenvalue weighted by atomic mass is 19.3. The Hall–Kier alpha value is -3.86. The summed E-state index contributed by atoms with van der Waals surface area (Å²) in [5.41, 5.74) is 1.29. The number of carboxylic acids is 1. The molecule has 4 rings (SSSR count). The maximum absolute atomic E-state index is 13.9. The Morgan fingerprint density at radius 3 is 2.73 bits per heavy atom. The summed E-state index contributed by atoms with van der Waals surface area (Å²) in [7, 11) is 1.55. The third kappa shape index (κ3) is 6.29. The minimum Gasteiger partial charge on any atom is -0.496 e. The molecular weight excluding hydrogens is 484 g/mol. The Morgan fingerprint density at radius 1 is 1.27 bits per heavy atom. The molecule has 0 radical (unpaired) electrons. The molecule has 0 aliphatic carbocycles. The van der Waals surface area contributed by atoms with Crippen molar-refractivity contribution in [2.24, 2.45) is 0 Å². The van der Waals surface area contributed by atoms with E-state index in [1.807, 2.05) is 18.2 Å². The predicted molar refractivity (Wildman–Crippen MR) is 133 cm³/mol. The summed E-state index contributed by atoms with van der Waals surface area (Å²) in [6.45, 7) is 0.362. The Labute approximate surface area is 213 Å². The average molecular weight is 514 g/mol. The van der Waals surface area contributed by atoms with Crippen molar-refractivity contribution in [1.29, 1.82) is 0 Å². The van der Waals surface area contributed by atoms with Crippen molar-refractivity contribution >= 4 is 18.2 Å². The fraction of sp³-hybridized carbons (Fsp3) is 0.385. The lowest BCUT2D eigenvalue weighted by Crippen LogP contribution is -2.45. The largest absolute Gasteiger partial charge is 0.496 e. The van der Waals surface area contributed by atoms with Gasteiger partial charge in [0.05, 0.1) is 25.8 Å². The maximum Gasteiger partial charge on any atom is 0.305 e. The number of carbonyl (C=O) groups is 2. The number of benzene rings is 1. The number of anilines is 1. The lowest BCUT2D eigenvalue weighted by atomic mass is 10.0. The molecular formula is C26H29F2N5O4. The molecule has 196 valence electrons. The Kier molecular flexibility index (Phi) is 8.12. The number of alkyl halides is 2. The number of nitrogens with zero attached hydrogens (tertiary/aromatic N) is 5. The van der Waals surface area contributed by atoms with Crippen LogP contribution in [0.4, 0.5) is 14.6 Å². The molecule has 0 unspecified atom stereocenters. The molecule has 0 spiro atoms. The van der Waals surface area contributed by atoms with Gasteiger partial charge in [0.2, 0.25) is 6.41 Å². The summed E-state index contributed by atoms with van der Waals surface area (Å²) in [4.78, 5) is 31.2. The van der Waals surface area contributed by atoms with Crippen LogP contribution in [0.15, 0.2) is 54.7 Å². The lowest BCUT2D eigenvalue weighted by Gasteiger charge is -2.34. The van der Waals surface area contributed by atoms with Gasteiger partial charge in [-0.1, -0.05) is 18.2 Å². The predicted octanol–water partition coefficient (Wildman–Crippen LogP) is 3.87. The number of hydrogen-bond donors (Lipinski definition) is 1. The second-order valence-electron chi connectivity index (χ2n) is 8.98. The number of piperidine rings is 1. The topological polar surface area (TPSA) is 101 Å². The minimum atomic E-state index is -2.77. The Bertz CT molecular complexity index is 1220. The van der Waals surface area contributed by atoms with Crippen LogP contribution in [0.25, 0.3) is 17.1 Å². The molecule has 3 aromatic rings. The number of pyridine rings is 1. The van der Waals surface area contributed by atoms with Gasteiger partial charge in [-0.3, -0.25) is 19.4 Å². The van der Waals surface area contributed by atoms with Gasteiger partial charge in [-0.15, -0.1) is 5.10 Å². The van der Waals surface area contributed by atoms with Gasteiger partial charge in [-0.05, 0) is 43.7 Å². The molecule has 37 heavy (non-hydrogen) atoms. The highest BCUT2D eigenvalue weighted by Gasteiger charge is 2.35. The zero-order chi connectivity index (χ0) is 26.4. The van der Waals surface area contributed by atoms with Crippen LogP contribution in [0, 0.1) is 0 Å². The Balaban J connectivity index is 1.69. The number of para-hydroxylation sites is 1. The first-order valence-electron chi connectivity index (χ1n) is 12.0. The number of likely N-dealkylation sites (tertiary alicyclic amines) is 1. The average Bonchev–Trinajstić information content (AvgIpc) is 3.32. The first-order chi connectivity index (χ1) is 17.8. The van der Waals surface area contributed by atoms with E-state index in [0.29, 0.717) is 42.2 Å². The molecule has 1 aliphatic rings. The normalized spacial score (nSPS) is 16.2. The zero-order valence-corrected chi connectivity index (χ0v) is 20.5. The van der Waals surface area contributed by atoms with Gasteiger partial charge < -0.3 is 9.84 Å². The monoisotopic (exact) mass is 513 g/mol. The number of ether oxygens (including phenoxy) is 1. The van der Waals surface area contributed by atoms with E-state index in [1.54, 1.807) is 53.2 Å². The van der Waals surface area contributed by atoms with Crippen LogP contribution in [0.2, 0.25) is 0 Å². The summed E-state index contributed by atoms with van der Waals surface area (Å²) in [5.74, 6) is -2.58. The molecule has 1 N–H and O–H groups in total. The second kappa shape index (κ2) is 11.5. The number of rotatable bonds is 11. The quantitative estimate of drug-likeness (QED) is 0.389. The SMILES string of the molecule is COc1ccccc1-c1cc(N(C=O)[C@@H](CCN2CCCC(F)(F)C2)CC(=O)O)nn1-c1ccccn1. The first-order valence-corrected chi connectivity index (χ1v) is 12.0. The lowest BCUT2D eigenvalue weighted by molar-refractivity contribution is -0.137. The van der Waals surface area contributed by atoms with Crippen LogP contribution in [-0.2, 0) is 9.59 Å². The van der Waals surface area contributed by atoms with E-state index in [2.05, 4.69) is 10.1 Å². The second-order valence-corrected chi connectivity index (χ2v) is 8.98. The summed E-state index contributed by atoms with van der Waals surface area (Å²) >= 11 is 0. The molecule has 2 aromatic heterocycles. The van der Waals surface area contributed by atoms with E-state index >= 15 is 0 Å². The first kappa shape index (κ1) is 26.2. The molecule has 9 nitrogen and oxygen atoms in total. The van der Waals surface area contributed by atoms with Gasteiger partial charge in [0, 0.05) is 36.8 Å². The van der Waals surface area contributed by atoms with Gasteiger partial charge in [-0.2, -0.15) is 0 Å². The number of hydrogen-bond acceptors (Lipinski definition) is 6. The summed E-state index contributed by atoms with van der Waals surface area (Å²) in [5, 5.41) is 14.2. The van der Waals surface area contributed by atoms with Crippen LogP contribution in [0.1, 0.15) is 25.7 Å². The van der Waals surface area contributed by atoms with Gasteiger partial charge in [0.15, 0.2) is 11.6 Å². The molecule has 1 fully saturated rings. The van der Waals surface area contributed by atoms with Crippen LogP contribution < -0.4 is 9.64 Å². The number of halogens is 2. The maximum atomic E-state index is 13.9. The van der Waals surface area contributed by atoms with E-state index in [4.69, 9.17) is 4.74 Å². The third-order valence-corrected chi connectivity index (χ3v) is 6.38. The molecule has 1 amide bonds. The molecule has 3 heterocycles. The van der Waals surface area contributed by atoms with Gasteiger partial charge in [0.1, 0.15) is 5.75 Å². The van der Waals surface area contributed by atoms with Crippen LogP contribution in [0.5, 0.6) is 5.75 Å². The Morgan fingerprint density at radius 2 is 2.05 bits per heavy atom. The van der Waals surface area contributed by atoms with Crippen LogP contribution >= 0.6 is 0 Å². The molecule has 1 aromatic carbocycles. The van der Waals surface area contributed by atoms with Gasteiger partial charge >= 0.3 is 5.97 Å². The number of carboxylic acid groups (broad SMARTS) is 1. The van der Waals surface area contributed by atoms with E-state index in [1.165, 1.54) is 4.90 Å². The molecule has 1 aliphatic heterocycles. The van der Waals surface area contributed by atoms with Crippen molar-refractivity contribution in [3.63, 3.8) is 0 Å². The molecule has 1 atom stereocenters. The van der Waals surface area contributed by atoms with Crippen molar-refractivity contribution < 1.29 is 28.2 Å². The fourth-order valence-corrected chi connectivity index (χ4v) is 4.63. The molecule has 1 saturated heterocycles. The standard InChI is InChI=1S/C26H29F2N5O4/c1-37-22-8-3-2-7-20(22)21-16-24(30-33(21)23-9-4-5-12-29-23)32(18-34)19(15-25(35)36)10-14-31-13-6-11-26(27,28)17-31/h2-5,7-9,12,16,18-19H,6,10-11,13-15,17H2,1H3,(H,35,36)/t19-/m0/s1. The van der Waals surface area contributed by atoms with E-state index in [-0.39, 0.29) is 38.2 Å². The van der Waals surface area contributed by atoms with Crippen molar-refractivity contribution in [3.05, 3.63) is 54.7 Å². The van der Waals surface area contributed by atoms with Gasteiger partial charge in [-0.25, -0.2) is 18.4 Å². The van der Waals surface area contributed by atoms with Crippen LogP contribution in [0.3, 0.4) is 0 Å². The van der Waals surface area contributed by atoms with Crippen molar-refractivity contribution in [3.8, 4) is 22.8 Å². The minimum absolute atomic E-state index is 0.154. The number of aromatic nitrogens is 3. The molecule has 0 bridgehead atoms. The van der Waals surface area contributed by atoms with Crippen molar-refractivity contribution in [1.82, 2.24) is 19.7 Å². The van der Waals surface area contributed by atoms with Gasteiger partial charge in [0.25, 0.3) is 5.92 Å². The van der Waals surface area contributed by atoms with E-state index in [0.717, 1.165) is 0 Å². The highest BCUT2D eigenvalue weighted by molar-refractivity contribution is 5.80. The number of amides is 1. The molecule has 0 saturated carbocycles. The summed E-state index contributed by atoms with van der Waals surface area (Å²) < 4.78 is 34.8. The van der Waals surface area contributed by atoms with Crippen molar-refractivity contribution in [2.45, 2.75) is 37.6 Å². The number of carbonyl (C=O) groups excluding carboxylic acids is 1. The van der Waals surface area contributed by atoms with E-state index in [9.17, 15) is 23.5 Å². The fourth-order valence-electron chi connectivity index (χ4n) is 4.63. The summed E-state index contributed by atoms with van der Waals surface area (Å²) in [6, 6.07) is 13.5. The molecule has 11 heteroatoms.